The molecule has 1 aromatic carbocycles. The first-order chi connectivity index (χ1) is 6.61. The van der Waals surface area contributed by atoms with Crippen LogP contribution in [0.4, 0.5) is 10.2 Å². The van der Waals surface area contributed by atoms with Gasteiger partial charge < -0.3 is 4.90 Å². The molecule has 0 aliphatic rings. The molecule has 0 aliphatic carbocycles. The Morgan fingerprint density at radius 3 is 2.71 bits per heavy atom. The largest absolute Gasteiger partial charge is 0.361 e. The van der Waals surface area contributed by atoms with Crippen molar-refractivity contribution < 1.29 is 4.39 Å². The summed E-state index contributed by atoms with van der Waals surface area (Å²) >= 11 is 0. The van der Waals surface area contributed by atoms with Crippen LogP contribution in [0.1, 0.15) is 0 Å². The van der Waals surface area contributed by atoms with E-state index >= 15 is 0 Å². The van der Waals surface area contributed by atoms with Crippen LogP contribution in [0, 0.1) is 5.82 Å². The minimum atomic E-state index is -0.231. The molecule has 0 atom stereocenters. The van der Waals surface area contributed by atoms with Crippen LogP contribution in [0.25, 0.3) is 10.9 Å². The summed E-state index contributed by atoms with van der Waals surface area (Å²) in [5, 5.41) is 5.10. The van der Waals surface area contributed by atoms with Crippen LogP contribution in [0.3, 0.4) is 0 Å². The van der Waals surface area contributed by atoms with Gasteiger partial charge in [0.2, 0.25) is 0 Å². The highest BCUT2D eigenvalue weighted by atomic mass is 19.1. The van der Waals surface area contributed by atoms with Crippen LogP contribution in [-0.4, -0.2) is 23.9 Å². The van der Waals surface area contributed by atoms with E-state index in [1.54, 1.807) is 17.8 Å². The van der Waals surface area contributed by atoms with Crippen LogP contribution in [-0.2, 0) is 7.05 Å². The fourth-order valence-corrected chi connectivity index (χ4v) is 1.60. The molecule has 0 unspecified atom stereocenters. The lowest BCUT2D eigenvalue weighted by Crippen LogP contribution is -2.09. The van der Waals surface area contributed by atoms with Crippen LogP contribution in [0.15, 0.2) is 18.2 Å². The highest BCUT2D eigenvalue weighted by Crippen LogP contribution is 2.25. The van der Waals surface area contributed by atoms with Gasteiger partial charge in [-0.2, -0.15) is 5.10 Å². The highest BCUT2D eigenvalue weighted by molar-refractivity contribution is 5.90. The SMILES string of the molecule is CN(C)c1nn(C)c2c(F)cccc12. The fraction of sp³-hybridized carbons (Fsp3) is 0.300. The summed E-state index contributed by atoms with van der Waals surface area (Å²) in [6.45, 7) is 0. The summed E-state index contributed by atoms with van der Waals surface area (Å²) in [6.07, 6.45) is 0. The van der Waals surface area contributed by atoms with Crippen LogP contribution in [0.2, 0.25) is 0 Å². The fourth-order valence-electron chi connectivity index (χ4n) is 1.60. The van der Waals surface area contributed by atoms with Crippen LogP contribution in [0.5, 0.6) is 0 Å². The van der Waals surface area contributed by atoms with Crippen LogP contribution < -0.4 is 4.90 Å². The van der Waals surface area contributed by atoms with Crippen molar-refractivity contribution in [1.82, 2.24) is 9.78 Å². The quantitative estimate of drug-likeness (QED) is 0.688. The average molecular weight is 193 g/mol. The number of benzene rings is 1. The third kappa shape index (κ3) is 1.14. The van der Waals surface area contributed by atoms with E-state index in [0.29, 0.717) is 5.52 Å². The zero-order valence-corrected chi connectivity index (χ0v) is 8.45. The van der Waals surface area contributed by atoms with Crippen molar-refractivity contribution in [2.75, 3.05) is 19.0 Å². The molecule has 2 rings (SSSR count). The lowest BCUT2D eigenvalue weighted by Gasteiger charge is -2.07. The topological polar surface area (TPSA) is 21.1 Å². The second-order valence-electron chi connectivity index (χ2n) is 3.48. The summed E-state index contributed by atoms with van der Waals surface area (Å²) in [7, 11) is 5.54. The first-order valence-corrected chi connectivity index (χ1v) is 4.40. The maximum Gasteiger partial charge on any atom is 0.158 e. The van der Waals surface area contributed by atoms with Gasteiger partial charge in [-0.05, 0) is 12.1 Å². The van der Waals surface area contributed by atoms with Crippen molar-refractivity contribution in [1.29, 1.82) is 0 Å². The molecule has 0 spiro atoms. The molecule has 1 aromatic heterocycles. The van der Waals surface area contributed by atoms with Gasteiger partial charge in [0.05, 0.1) is 0 Å². The van der Waals surface area contributed by atoms with Crippen molar-refractivity contribution in [3.8, 4) is 0 Å². The molecule has 74 valence electrons. The first-order valence-electron chi connectivity index (χ1n) is 4.40. The van der Waals surface area contributed by atoms with Gasteiger partial charge in [0, 0.05) is 26.5 Å². The van der Waals surface area contributed by atoms with Crippen LogP contribution >= 0.6 is 0 Å². The molecule has 0 aliphatic heterocycles. The van der Waals surface area contributed by atoms with E-state index in [4.69, 9.17) is 0 Å². The molecule has 14 heavy (non-hydrogen) atoms. The number of hydrogen-bond donors (Lipinski definition) is 0. The van der Waals surface area contributed by atoms with Gasteiger partial charge in [-0.25, -0.2) is 4.39 Å². The number of halogens is 1. The monoisotopic (exact) mass is 193 g/mol. The maximum atomic E-state index is 13.4. The summed E-state index contributed by atoms with van der Waals surface area (Å²) in [6, 6.07) is 5.02. The predicted octanol–water partition coefficient (Wildman–Crippen LogP) is 1.78. The maximum absolute atomic E-state index is 13.4. The number of anilines is 1. The van der Waals surface area contributed by atoms with Crippen molar-refractivity contribution in [3.63, 3.8) is 0 Å². The highest BCUT2D eigenvalue weighted by Gasteiger charge is 2.12. The molecule has 3 nitrogen and oxygen atoms in total. The van der Waals surface area contributed by atoms with E-state index in [1.807, 2.05) is 25.1 Å². The van der Waals surface area contributed by atoms with Gasteiger partial charge in [-0.3, -0.25) is 4.68 Å². The Balaban J connectivity index is 2.84. The standard InChI is InChI=1S/C10H12FN3/c1-13(2)10-7-5-4-6-8(11)9(7)14(3)12-10/h4-6H,1-3H3. The van der Waals surface area contributed by atoms with Gasteiger partial charge in [-0.1, -0.05) is 6.07 Å². The molecule has 0 fully saturated rings. The number of fused-ring (bicyclic) bond motifs is 1. The summed E-state index contributed by atoms with van der Waals surface area (Å²) in [5.74, 6) is 0.563. The van der Waals surface area contributed by atoms with E-state index in [9.17, 15) is 4.39 Å². The van der Waals surface area contributed by atoms with Crippen molar-refractivity contribution in [2.45, 2.75) is 0 Å². The number of aromatic nitrogens is 2. The Bertz CT molecular complexity index is 473. The average Bonchev–Trinajstić information content (AvgIpc) is 2.45. The molecule has 0 bridgehead atoms. The van der Waals surface area contributed by atoms with Gasteiger partial charge in [0.1, 0.15) is 11.3 Å². The summed E-state index contributed by atoms with van der Waals surface area (Å²) in [4.78, 5) is 1.88. The molecule has 0 saturated carbocycles. The third-order valence-corrected chi connectivity index (χ3v) is 2.22. The van der Waals surface area contributed by atoms with E-state index in [-0.39, 0.29) is 5.82 Å². The molecular formula is C10H12FN3. The second-order valence-corrected chi connectivity index (χ2v) is 3.48. The van der Waals surface area contributed by atoms with Gasteiger partial charge in [-0.15, -0.1) is 0 Å². The number of nitrogens with zero attached hydrogens (tertiary/aromatic N) is 3. The summed E-state index contributed by atoms with van der Waals surface area (Å²) < 4.78 is 15.0. The van der Waals surface area contributed by atoms with Gasteiger partial charge in [0.15, 0.2) is 5.82 Å². The minimum absolute atomic E-state index is 0.231. The zero-order chi connectivity index (χ0) is 10.3. The Morgan fingerprint density at radius 2 is 2.07 bits per heavy atom. The second kappa shape index (κ2) is 2.97. The molecule has 0 radical (unpaired) electrons. The molecule has 1 heterocycles. The molecular weight excluding hydrogens is 181 g/mol. The van der Waals surface area contributed by atoms with E-state index in [2.05, 4.69) is 5.10 Å². The van der Waals surface area contributed by atoms with Crippen molar-refractivity contribution >= 4 is 16.7 Å². The van der Waals surface area contributed by atoms with E-state index in [1.165, 1.54) is 6.07 Å². The number of para-hydroxylation sites is 1. The third-order valence-electron chi connectivity index (χ3n) is 2.22. The zero-order valence-electron chi connectivity index (χ0n) is 8.45. The molecule has 2 aromatic rings. The van der Waals surface area contributed by atoms with Crippen molar-refractivity contribution in [2.24, 2.45) is 7.05 Å². The van der Waals surface area contributed by atoms with Gasteiger partial charge >= 0.3 is 0 Å². The Labute approximate surface area is 81.7 Å². The lowest BCUT2D eigenvalue weighted by atomic mass is 10.2. The predicted molar refractivity (Wildman–Crippen MR) is 55.0 cm³/mol. The molecule has 4 heteroatoms. The molecule has 0 saturated heterocycles. The molecule has 0 amide bonds. The summed E-state index contributed by atoms with van der Waals surface area (Å²) in [5.41, 5.74) is 0.552. The Morgan fingerprint density at radius 1 is 1.36 bits per heavy atom. The van der Waals surface area contributed by atoms with E-state index < -0.39 is 0 Å². The molecule has 0 N–H and O–H groups in total. The minimum Gasteiger partial charge on any atom is -0.361 e. The normalized spacial score (nSPS) is 10.9. The van der Waals surface area contributed by atoms with E-state index in [0.717, 1.165) is 11.2 Å². The first kappa shape index (κ1) is 8.99. The smallest absolute Gasteiger partial charge is 0.158 e. The Kier molecular flexibility index (Phi) is 1.91. The van der Waals surface area contributed by atoms with Crippen molar-refractivity contribution in [3.05, 3.63) is 24.0 Å². The number of aryl methyl sites for hydroxylation is 1. The number of rotatable bonds is 1. The van der Waals surface area contributed by atoms with Gasteiger partial charge in [0.25, 0.3) is 0 Å². The Hall–Kier alpha value is -1.58. The lowest BCUT2D eigenvalue weighted by molar-refractivity contribution is 0.625. The number of hydrogen-bond acceptors (Lipinski definition) is 2.